The van der Waals surface area contributed by atoms with E-state index in [0.717, 1.165) is 11.1 Å². The van der Waals surface area contributed by atoms with Crippen molar-refractivity contribution in [2.24, 2.45) is 0 Å². The van der Waals surface area contributed by atoms with Crippen LogP contribution in [0.1, 0.15) is 34.5 Å². The van der Waals surface area contributed by atoms with Crippen molar-refractivity contribution in [2.75, 3.05) is 5.73 Å². The molecular weight excluding hydrogens is 236 g/mol. The van der Waals surface area contributed by atoms with Crippen LogP contribution in [-0.4, -0.2) is 5.91 Å². The van der Waals surface area contributed by atoms with E-state index in [1.165, 1.54) is 0 Å². The molecule has 0 heterocycles. The number of carbonyl (C=O) groups is 1. The van der Waals surface area contributed by atoms with Gasteiger partial charge in [0.15, 0.2) is 0 Å². The van der Waals surface area contributed by atoms with Gasteiger partial charge in [0.05, 0.1) is 6.04 Å². The second kappa shape index (κ2) is 5.57. The van der Waals surface area contributed by atoms with Gasteiger partial charge in [0.1, 0.15) is 0 Å². The Morgan fingerprint density at radius 3 is 2.42 bits per heavy atom. The first-order valence-electron chi connectivity index (χ1n) is 6.30. The van der Waals surface area contributed by atoms with Gasteiger partial charge in [-0.15, -0.1) is 0 Å². The fourth-order valence-electron chi connectivity index (χ4n) is 2.09. The van der Waals surface area contributed by atoms with E-state index in [0.29, 0.717) is 11.3 Å². The smallest absolute Gasteiger partial charge is 0.252 e. The van der Waals surface area contributed by atoms with Gasteiger partial charge in [-0.05, 0) is 37.1 Å². The van der Waals surface area contributed by atoms with Crippen LogP contribution < -0.4 is 11.1 Å². The van der Waals surface area contributed by atoms with Crippen LogP contribution in [0.15, 0.2) is 48.5 Å². The zero-order valence-corrected chi connectivity index (χ0v) is 11.2. The molecule has 3 nitrogen and oxygen atoms in total. The van der Waals surface area contributed by atoms with E-state index < -0.39 is 0 Å². The van der Waals surface area contributed by atoms with Gasteiger partial charge in [-0.3, -0.25) is 4.79 Å². The lowest BCUT2D eigenvalue weighted by Gasteiger charge is -2.17. The van der Waals surface area contributed by atoms with E-state index in [2.05, 4.69) is 5.32 Å². The first-order chi connectivity index (χ1) is 9.09. The molecule has 0 saturated carbocycles. The van der Waals surface area contributed by atoms with Crippen LogP contribution in [-0.2, 0) is 0 Å². The molecule has 0 aliphatic heterocycles. The Bertz CT molecular complexity index is 593. The van der Waals surface area contributed by atoms with E-state index in [9.17, 15) is 4.79 Å². The summed E-state index contributed by atoms with van der Waals surface area (Å²) in [6.07, 6.45) is 0. The van der Waals surface area contributed by atoms with Gasteiger partial charge in [0.25, 0.3) is 5.91 Å². The standard InChI is InChI=1S/C16H18N2O/c1-11-7-3-4-8-13(11)16(19)18-12(2)14-9-5-6-10-15(14)17/h3-10,12H,17H2,1-2H3,(H,18,19). The Balaban J connectivity index is 2.16. The maximum Gasteiger partial charge on any atom is 0.252 e. The van der Waals surface area contributed by atoms with Crippen molar-refractivity contribution < 1.29 is 4.79 Å². The minimum absolute atomic E-state index is 0.0751. The highest BCUT2D eigenvalue weighted by molar-refractivity contribution is 5.95. The number of rotatable bonds is 3. The molecule has 0 aromatic heterocycles. The largest absolute Gasteiger partial charge is 0.398 e. The highest BCUT2D eigenvalue weighted by Crippen LogP contribution is 2.20. The van der Waals surface area contributed by atoms with Crippen LogP contribution in [0.25, 0.3) is 0 Å². The summed E-state index contributed by atoms with van der Waals surface area (Å²) in [4.78, 5) is 12.2. The van der Waals surface area contributed by atoms with Gasteiger partial charge in [0.2, 0.25) is 0 Å². The highest BCUT2D eigenvalue weighted by Gasteiger charge is 2.14. The van der Waals surface area contributed by atoms with Crippen molar-refractivity contribution in [1.29, 1.82) is 0 Å². The molecule has 98 valence electrons. The predicted molar refractivity (Wildman–Crippen MR) is 77.9 cm³/mol. The van der Waals surface area contributed by atoms with Crippen LogP contribution in [0.4, 0.5) is 5.69 Å². The first kappa shape index (κ1) is 13.1. The van der Waals surface area contributed by atoms with Gasteiger partial charge < -0.3 is 11.1 Å². The Morgan fingerprint density at radius 1 is 1.11 bits per heavy atom. The predicted octanol–water partition coefficient (Wildman–Crippen LogP) is 3.07. The summed E-state index contributed by atoms with van der Waals surface area (Å²) in [5, 5.41) is 2.98. The van der Waals surface area contributed by atoms with Crippen molar-refractivity contribution in [3.8, 4) is 0 Å². The zero-order chi connectivity index (χ0) is 13.8. The van der Waals surface area contributed by atoms with Gasteiger partial charge in [-0.2, -0.15) is 0 Å². The highest BCUT2D eigenvalue weighted by atomic mass is 16.1. The molecular formula is C16H18N2O. The second-order valence-corrected chi connectivity index (χ2v) is 4.64. The average molecular weight is 254 g/mol. The molecule has 19 heavy (non-hydrogen) atoms. The fraction of sp³-hybridized carbons (Fsp3) is 0.188. The van der Waals surface area contributed by atoms with Crippen LogP contribution in [0.5, 0.6) is 0 Å². The Kier molecular flexibility index (Phi) is 3.85. The van der Waals surface area contributed by atoms with Crippen molar-refractivity contribution in [2.45, 2.75) is 19.9 Å². The lowest BCUT2D eigenvalue weighted by atomic mass is 10.0. The summed E-state index contributed by atoms with van der Waals surface area (Å²) in [7, 11) is 0. The number of para-hydroxylation sites is 1. The maximum atomic E-state index is 12.2. The van der Waals surface area contributed by atoms with Gasteiger partial charge in [0, 0.05) is 11.3 Å². The number of nitrogens with two attached hydrogens (primary N) is 1. The topological polar surface area (TPSA) is 55.1 Å². The minimum atomic E-state index is -0.117. The molecule has 0 saturated heterocycles. The molecule has 3 N–H and O–H groups in total. The minimum Gasteiger partial charge on any atom is -0.398 e. The van der Waals surface area contributed by atoms with E-state index in [-0.39, 0.29) is 11.9 Å². The van der Waals surface area contributed by atoms with Crippen molar-refractivity contribution in [1.82, 2.24) is 5.32 Å². The number of hydrogen-bond acceptors (Lipinski definition) is 2. The molecule has 0 aliphatic rings. The molecule has 0 bridgehead atoms. The van der Waals surface area contributed by atoms with Crippen molar-refractivity contribution in [3.63, 3.8) is 0 Å². The molecule has 1 atom stereocenters. The summed E-state index contributed by atoms with van der Waals surface area (Å²) in [5.41, 5.74) is 9.21. The van der Waals surface area contributed by atoms with E-state index in [1.807, 2.05) is 62.4 Å². The second-order valence-electron chi connectivity index (χ2n) is 4.64. The molecule has 3 heteroatoms. The number of anilines is 1. The third kappa shape index (κ3) is 2.94. The molecule has 0 radical (unpaired) electrons. The number of benzene rings is 2. The Hall–Kier alpha value is -2.29. The summed E-state index contributed by atoms with van der Waals surface area (Å²) in [6.45, 7) is 3.86. The van der Waals surface area contributed by atoms with Crippen LogP contribution in [0.3, 0.4) is 0 Å². The van der Waals surface area contributed by atoms with Crippen molar-refractivity contribution >= 4 is 11.6 Å². The molecule has 1 unspecified atom stereocenters. The molecule has 2 aromatic rings. The summed E-state index contributed by atoms with van der Waals surface area (Å²) in [6, 6.07) is 15.0. The number of aryl methyl sites for hydroxylation is 1. The number of nitrogens with one attached hydrogen (secondary N) is 1. The van der Waals surface area contributed by atoms with Crippen LogP contribution in [0, 0.1) is 6.92 Å². The molecule has 0 aliphatic carbocycles. The monoisotopic (exact) mass is 254 g/mol. The molecule has 2 rings (SSSR count). The number of amides is 1. The average Bonchev–Trinajstić information content (AvgIpc) is 2.39. The van der Waals surface area contributed by atoms with E-state index in [1.54, 1.807) is 0 Å². The lowest BCUT2D eigenvalue weighted by molar-refractivity contribution is 0.0939. The molecule has 2 aromatic carbocycles. The Morgan fingerprint density at radius 2 is 1.74 bits per heavy atom. The fourth-order valence-corrected chi connectivity index (χ4v) is 2.09. The quantitative estimate of drug-likeness (QED) is 0.827. The van der Waals surface area contributed by atoms with E-state index >= 15 is 0 Å². The van der Waals surface area contributed by atoms with Gasteiger partial charge in [-0.1, -0.05) is 36.4 Å². The third-order valence-corrected chi connectivity index (χ3v) is 3.20. The number of hydrogen-bond donors (Lipinski definition) is 2. The summed E-state index contributed by atoms with van der Waals surface area (Å²) < 4.78 is 0. The van der Waals surface area contributed by atoms with Crippen LogP contribution in [0.2, 0.25) is 0 Å². The molecule has 1 amide bonds. The number of nitrogen functional groups attached to an aromatic ring is 1. The summed E-state index contributed by atoms with van der Waals surface area (Å²) >= 11 is 0. The number of carbonyl (C=O) groups excluding carboxylic acids is 1. The lowest BCUT2D eigenvalue weighted by Crippen LogP contribution is -2.27. The first-order valence-corrected chi connectivity index (χ1v) is 6.30. The molecule has 0 spiro atoms. The van der Waals surface area contributed by atoms with Crippen LogP contribution >= 0.6 is 0 Å². The molecule has 0 fully saturated rings. The summed E-state index contributed by atoms with van der Waals surface area (Å²) in [5.74, 6) is -0.0751. The SMILES string of the molecule is Cc1ccccc1C(=O)NC(C)c1ccccc1N. The third-order valence-electron chi connectivity index (χ3n) is 3.20. The normalized spacial score (nSPS) is 11.9. The maximum absolute atomic E-state index is 12.2. The zero-order valence-electron chi connectivity index (χ0n) is 11.2. The van der Waals surface area contributed by atoms with Gasteiger partial charge >= 0.3 is 0 Å². The van der Waals surface area contributed by atoms with Gasteiger partial charge in [-0.25, -0.2) is 0 Å². The van der Waals surface area contributed by atoms with E-state index in [4.69, 9.17) is 5.73 Å². The Labute approximate surface area is 113 Å². The van der Waals surface area contributed by atoms with Crippen molar-refractivity contribution in [3.05, 3.63) is 65.2 Å².